The predicted octanol–water partition coefficient (Wildman–Crippen LogP) is 4.26. The van der Waals surface area contributed by atoms with Crippen molar-refractivity contribution in [3.05, 3.63) is 42.2 Å². The van der Waals surface area contributed by atoms with E-state index in [1.807, 2.05) is 58.9 Å². The van der Waals surface area contributed by atoms with Crippen LogP contribution in [0.3, 0.4) is 0 Å². The third-order valence-electron chi connectivity index (χ3n) is 5.10. The molecule has 2 heterocycles. The highest BCUT2D eigenvalue weighted by Gasteiger charge is 2.45. The highest BCUT2D eigenvalue weighted by atomic mass is 32.2. The van der Waals surface area contributed by atoms with Crippen LogP contribution in [0.1, 0.15) is 46.6 Å². The molecule has 8 nitrogen and oxygen atoms in total. The minimum atomic E-state index is -1.10. The van der Waals surface area contributed by atoms with E-state index in [1.54, 1.807) is 23.5 Å². The lowest BCUT2D eigenvalue weighted by Gasteiger charge is -2.35. The Hall–Kier alpha value is -2.36. The third-order valence-corrected chi connectivity index (χ3v) is 5.98. The number of nitrogens with one attached hydrogen (secondary N) is 1. The van der Waals surface area contributed by atoms with E-state index in [9.17, 15) is 9.35 Å². The van der Waals surface area contributed by atoms with Crippen LogP contribution in [0.15, 0.2) is 41.6 Å². The molecule has 1 aromatic heterocycles. The number of ether oxygens (including phenoxy) is 2. The third kappa shape index (κ3) is 6.34. The monoisotopic (exact) mass is 460 g/mol. The Morgan fingerprint density at radius 3 is 2.47 bits per heavy atom. The topological polar surface area (TPSA) is 99.6 Å². The molecule has 0 aliphatic carbocycles. The summed E-state index contributed by atoms with van der Waals surface area (Å²) in [4.78, 5) is 23.5. The number of aromatic nitrogens is 2. The number of nitrogens with zero attached hydrogens (tertiary/aromatic N) is 3. The molecule has 1 aliphatic heterocycles. The molecule has 2 aromatic rings. The van der Waals surface area contributed by atoms with E-state index < -0.39 is 22.5 Å². The van der Waals surface area contributed by atoms with Crippen molar-refractivity contribution in [2.75, 3.05) is 18.2 Å². The van der Waals surface area contributed by atoms with Crippen molar-refractivity contribution < 1.29 is 18.8 Å². The van der Waals surface area contributed by atoms with Gasteiger partial charge in [-0.1, -0.05) is 12.1 Å². The number of hydrogen-bond donors (Lipinski definition) is 1. The molecule has 32 heavy (non-hydrogen) atoms. The van der Waals surface area contributed by atoms with Crippen molar-refractivity contribution >= 4 is 28.9 Å². The first-order valence-electron chi connectivity index (χ1n) is 10.6. The first-order chi connectivity index (χ1) is 14.9. The van der Waals surface area contributed by atoms with Crippen LogP contribution in [0, 0.1) is 0 Å². The van der Waals surface area contributed by atoms with Crippen LogP contribution in [-0.4, -0.2) is 55.7 Å². The molecule has 2 unspecified atom stereocenters. The number of anilines is 2. The number of benzene rings is 1. The predicted molar refractivity (Wildman–Crippen MR) is 124 cm³/mol. The van der Waals surface area contributed by atoms with Crippen molar-refractivity contribution in [2.24, 2.45) is 0 Å². The number of rotatable bonds is 6. The van der Waals surface area contributed by atoms with Gasteiger partial charge in [0.2, 0.25) is 5.95 Å². The maximum absolute atomic E-state index is 12.8. The molecule has 3 rings (SSSR count). The van der Waals surface area contributed by atoms with Gasteiger partial charge in [0.25, 0.3) is 0 Å². The lowest BCUT2D eigenvalue weighted by molar-refractivity contribution is -0.0626. The number of aryl methyl sites for hydroxylation is 1. The van der Waals surface area contributed by atoms with E-state index in [0.29, 0.717) is 17.5 Å². The Morgan fingerprint density at radius 1 is 1.28 bits per heavy atom. The molecule has 0 bridgehead atoms. The van der Waals surface area contributed by atoms with Crippen LogP contribution < -0.4 is 5.32 Å². The van der Waals surface area contributed by atoms with E-state index in [1.165, 1.54) is 0 Å². The van der Waals surface area contributed by atoms with Crippen molar-refractivity contribution in [3.8, 4) is 0 Å². The summed E-state index contributed by atoms with van der Waals surface area (Å²) in [5.74, 6) is 0.449. The fourth-order valence-electron chi connectivity index (χ4n) is 3.52. The summed E-state index contributed by atoms with van der Waals surface area (Å²) in [5, 5.41) is 3.14. The Bertz CT molecular complexity index is 911. The smallest absolute Gasteiger partial charge is 0.412 e. The van der Waals surface area contributed by atoms with Gasteiger partial charge < -0.3 is 19.3 Å². The molecule has 0 radical (unpaired) electrons. The van der Waals surface area contributed by atoms with Crippen molar-refractivity contribution in [1.82, 2.24) is 14.9 Å². The first-order valence-corrected chi connectivity index (χ1v) is 12.2. The van der Waals surface area contributed by atoms with Gasteiger partial charge in [-0.2, -0.15) is 0 Å². The van der Waals surface area contributed by atoms with Crippen LogP contribution in [0.4, 0.5) is 16.4 Å². The zero-order chi connectivity index (χ0) is 23.5. The number of carbonyl (C=O) groups excluding carboxylic acids is 1. The summed E-state index contributed by atoms with van der Waals surface area (Å²) in [6.45, 7) is 9.87. The second kappa shape index (κ2) is 9.64. The minimum absolute atomic E-state index is 0.0475. The van der Waals surface area contributed by atoms with Gasteiger partial charge in [0.15, 0.2) is 4.90 Å². The Morgan fingerprint density at radius 2 is 1.91 bits per heavy atom. The molecule has 1 aromatic carbocycles. The maximum Gasteiger partial charge on any atom is 0.412 e. The van der Waals surface area contributed by atoms with Gasteiger partial charge in [0.1, 0.15) is 17.6 Å². The zero-order valence-electron chi connectivity index (χ0n) is 19.5. The van der Waals surface area contributed by atoms with Crippen LogP contribution in [0.5, 0.6) is 0 Å². The van der Waals surface area contributed by atoms with Crippen molar-refractivity contribution in [3.63, 3.8) is 0 Å². The van der Waals surface area contributed by atoms with Crippen LogP contribution >= 0.6 is 0 Å². The SMILES string of the molecule is C[S+]([O-])c1cnc(Nc2ccc(CCC3COC(C)(C)N3C(=O)OC(C)(C)C)cc2)nc1. The van der Waals surface area contributed by atoms with Crippen molar-refractivity contribution in [2.45, 2.75) is 69.7 Å². The standard InChI is InChI=1S/C23H32N4O4S/c1-22(2,3)31-21(28)27-18(15-30-23(27,4)5)12-9-16-7-10-17(11-8-16)26-20-24-13-19(14-25-20)32(6)29/h7-8,10-11,13-14,18H,9,12,15H2,1-6H3,(H,24,25,26). The van der Waals surface area contributed by atoms with E-state index >= 15 is 0 Å². The molecular weight excluding hydrogens is 428 g/mol. The van der Waals surface area contributed by atoms with Crippen LogP contribution in [0.2, 0.25) is 0 Å². The highest BCUT2D eigenvalue weighted by molar-refractivity contribution is 7.90. The second-order valence-electron chi connectivity index (χ2n) is 9.32. The van der Waals surface area contributed by atoms with Gasteiger partial charge in [-0.05, 0) is 76.3 Å². The molecule has 2 atom stereocenters. The van der Waals surface area contributed by atoms with Gasteiger partial charge in [-0.3, -0.25) is 4.90 Å². The molecule has 1 N–H and O–H groups in total. The lowest BCUT2D eigenvalue weighted by atomic mass is 10.0. The van der Waals surface area contributed by atoms with E-state index in [2.05, 4.69) is 15.3 Å². The summed E-state index contributed by atoms with van der Waals surface area (Å²) < 4.78 is 22.9. The largest absolute Gasteiger partial charge is 0.612 e. The molecule has 0 saturated carbocycles. The minimum Gasteiger partial charge on any atom is -0.612 e. The average molecular weight is 461 g/mol. The second-order valence-corrected chi connectivity index (χ2v) is 10.7. The summed E-state index contributed by atoms with van der Waals surface area (Å²) in [5.41, 5.74) is 0.767. The van der Waals surface area contributed by atoms with Gasteiger partial charge >= 0.3 is 6.09 Å². The number of hydrogen-bond acceptors (Lipinski definition) is 7. The summed E-state index contributed by atoms with van der Waals surface area (Å²) in [6, 6.07) is 7.96. The quantitative estimate of drug-likeness (QED) is 0.643. The molecule has 174 valence electrons. The highest BCUT2D eigenvalue weighted by Crippen LogP contribution is 2.31. The molecule has 1 amide bonds. The number of amides is 1. The lowest BCUT2D eigenvalue weighted by Crippen LogP contribution is -2.49. The fraction of sp³-hybridized carbons (Fsp3) is 0.522. The first kappa shape index (κ1) is 24.3. The molecular formula is C23H32N4O4S. The summed E-state index contributed by atoms with van der Waals surface area (Å²) in [6.07, 6.45) is 5.94. The summed E-state index contributed by atoms with van der Waals surface area (Å²) >= 11 is -1.10. The Labute approximate surface area is 192 Å². The van der Waals surface area contributed by atoms with Crippen LogP contribution in [-0.2, 0) is 27.1 Å². The fourth-order valence-corrected chi connectivity index (χ4v) is 3.92. The van der Waals surface area contributed by atoms with Gasteiger partial charge in [-0.15, -0.1) is 0 Å². The molecule has 1 fully saturated rings. The maximum atomic E-state index is 12.8. The molecule has 1 saturated heterocycles. The van der Waals surface area contributed by atoms with Crippen molar-refractivity contribution in [1.29, 1.82) is 0 Å². The Balaban J connectivity index is 1.58. The van der Waals surface area contributed by atoms with E-state index in [4.69, 9.17) is 9.47 Å². The van der Waals surface area contributed by atoms with E-state index in [0.717, 1.165) is 24.1 Å². The van der Waals surface area contributed by atoms with Crippen LogP contribution in [0.25, 0.3) is 0 Å². The van der Waals surface area contributed by atoms with Gasteiger partial charge in [0, 0.05) is 5.69 Å². The normalized spacial score (nSPS) is 19.0. The number of carbonyl (C=O) groups is 1. The summed E-state index contributed by atoms with van der Waals surface area (Å²) in [7, 11) is 0. The Kier molecular flexibility index (Phi) is 7.32. The average Bonchev–Trinajstić information content (AvgIpc) is 3.01. The zero-order valence-corrected chi connectivity index (χ0v) is 20.4. The van der Waals surface area contributed by atoms with Gasteiger partial charge in [0.05, 0.1) is 25.0 Å². The molecule has 1 aliphatic rings. The van der Waals surface area contributed by atoms with Gasteiger partial charge in [-0.25, -0.2) is 14.8 Å². The van der Waals surface area contributed by atoms with E-state index in [-0.39, 0.29) is 12.1 Å². The molecule has 0 spiro atoms. The molecule has 9 heteroatoms.